The Morgan fingerprint density at radius 1 is 0.853 bits per heavy atom. The van der Waals surface area contributed by atoms with Gasteiger partial charge in [-0.1, -0.05) is 71.7 Å². The van der Waals surface area contributed by atoms with Crippen molar-refractivity contribution >= 4 is 5.97 Å². The minimum absolute atomic E-state index is 0.102. The lowest BCUT2D eigenvalue weighted by atomic mass is 9.68. The topological polar surface area (TPSA) is 76.0 Å². The number of aliphatic hydroxyl groups excluding tert-OH is 1. The fraction of sp³-hybridized carbons (Fsp3) is 0.552. The zero-order valence-corrected chi connectivity index (χ0v) is 21.5. The maximum absolute atomic E-state index is 10.7. The number of carboxylic acids is 1. The Morgan fingerprint density at radius 2 is 1.32 bits per heavy atom. The molecule has 0 radical (unpaired) electrons. The molecule has 2 aromatic rings. The second kappa shape index (κ2) is 12.8. The van der Waals surface area contributed by atoms with Gasteiger partial charge in [0.1, 0.15) is 18.1 Å². The molecule has 34 heavy (non-hydrogen) atoms. The van der Waals surface area contributed by atoms with E-state index in [1.54, 1.807) is 0 Å². The third-order valence-corrected chi connectivity index (χ3v) is 6.38. The number of hydrogen-bond donors (Lipinski definition) is 2. The number of ether oxygens (including phenoxy) is 2. The largest absolute Gasteiger partial charge is 0.494 e. The summed E-state index contributed by atoms with van der Waals surface area (Å²) in [5.41, 5.74) is 2.19. The van der Waals surface area contributed by atoms with Crippen LogP contribution >= 0.6 is 0 Å². The summed E-state index contributed by atoms with van der Waals surface area (Å²) in [4.78, 5) is 10.7. The Bertz CT molecular complexity index is 859. The van der Waals surface area contributed by atoms with Gasteiger partial charge < -0.3 is 19.7 Å². The summed E-state index contributed by atoms with van der Waals surface area (Å²) in [6, 6.07) is 16.6. The van der Waals surface area contributed by atoms with E-state index in [4.69, 9.17) is 14.6 Å². The van der Waals surface area contributed by atoms with E-state index in [2.05, 4.69) is 38.1 Å². The molecule has 0 bridgehead atoms. The number of carboxylic acid groups (broad SMARTS) is 1. The fourth-order valence-corrected chi connectivity index (χ4v) is 4.30. The van der Waals surface area contributed by atoms with E-state index in [1.165, 1.54) is 11.1 Å². The van der Waals surface area contributed by atoms with Gasteiger partial charge in [-0.15, -0.1) is 0 Å². The van der Waals surface area contributed by atoms with Crippen LogP contribution in [0.25, 0.3) is 0 Å². The maximum Gasteiger partial charge on any atom is 0.303 e. The van der Waals surface area contributed by atoms with Crippen molar-refractivity contribution < 1.29 is 24.5 Å². The van der Waals surface area contributed by atoms with Crippen LogP contribution in [0.3, 0.4) is 0 Å². The van der Waals surface area contributed by atoms with Crippen LogP contribution < -0.4 is 9.47 Å². The molecule has 1 atom stereocenters. The van der Waals surface area contributed by atoms with Gasteiger partial charge in [-0.3, -0.25) is 4.79 Å². The third-order valence-electron chi connectivity index (χ3n) is 6.38. The van der Waals surface area contributed by atoms with Gasteiger partial charge in [-0.05, 0) is 60.1 Å². The quantitative estimate of drug-likeness (QED) is 0.304. The Kier molecular flexibility index (Phi) is 10.4. The van der Waals surface area contributed by atoms with E-state index >= 15 is 0 Å². The molecule has 0 heterocycles. The lowest BCUT2D eigenvalue weighted by Crippen LogP contribution is -2.32. The lowest BCUT2D eigenvalue weighted by Gasteiger charge is -2.35. The number of carbonyl (C=O) groups is 1. The molecule has 0 spiro atoms. The van der Waals surface area contributed by atoms with Gasteiger partial charge in [-0.2, -0.15) is 0 Å². The molecule has 0 aliphatic heterocycles. The van der Waals surface area contributed by atoms with Crippen LogP contribution in [0.5, 0.6) is 11.5 Å². The molecule has 0 amide bonds. The normalized spacial score (nSPS) is 12.9. The Hall–Kier alpha value is -2.53. The molecular weight excluding hydrogens is 428 g/mol. The van der Waals surface area contributed by atoms with Crippen LogP contribution in [-0.2, 0) is 10.2 Å². The minimum atomic E-state index is -0.801. The number of benzene rings is 2. The zero-order valence-electron chi connectivity index (χ0n) is 21.5. The first-order valence-electron chi connectivity index (χ1n) is 12.5. The highest BCUT2D eigenvalue weighted by molar-refractivity contribution is 5.66. The SMILES string of the molecule is CCCC(CCC)(c1ccc(OCCCC(=O)O)cc1)c1ccc(OCC(O)C(C)(C)C)cc1. The summed E-state index contributed by atoms with van der Waals surface area (Å²) in [6.45, 7) is 11.1. The number of rotatable bonds is 14. The zero-order chi connectivity index (χ0) is 25.2. The fourth-order valence-electron chi connectivity index (χ4n) is 4.30. The van der Waals surface area contributed by atoms with E-state index in [0.717, 1.165) is 37.2 Å². The molecule has 2 aromatic carbocycles. The second-order valence-electron chi connectivity index (χ2n) is 10.2. The van der Waals surface area contributed by atoms with Crippen molar-refractivity contribution in [2.45, 2.75) is 84.7 Å². The first-order valence-corrected chi connectivity index (χ1v) is 12.5. The molecule has 188 valence electrons. The minimum Gasteiger partial charge on any atom is -0.494 e. The highest BCUT2D eigenvalue weighted by atomic mass is 16.5. The van der Waals surface area contributed by atoms with Gasteiger partial charge in [0.2, 0.25) is 0 Å². The van der Waals surface area contributed by atoms with Gasteiger partial charge in [0.05, 0.1) is 12.7 Å². The highest BCUT2D eigenvalue weighted by Gasteiger charge is 2.32. The van der Waals surface area contributed by atoms with Crippen LogP contribution in [0.15, 0.2) is 48.5 Å². The predicted molar refractivity (Wildman–Crippen MR) is 137 cm³/mol. The van der Waals surface area contributed by atoms with Crippen LogP contribution in [0.2, 0.25) is 0 Å². The van der Waals surface area contributed by atoms with E-state index in [0.29, 0.717) is 13.0 Å². The van der Waals surface area contributed by atoms with Crippen LogP contribution in [-0.4, -0.2) is 35.5 Å². The standard InChI is InChI=1S/C29H42O5/c1-6-18-29(19-7-2,22-10-14-24(15-11-22)33-20-8-9-27(31)32)23-12-16-25(17-13-23)34-21-26(30)28(3,4)5/h10-17,26,30H,6-9,18-21H2,1-5H3,(H,31,32). The molecule has 0 fully saturated rings. The molecule has 5 nitrogen and oxygen atoms in total. The molecule has 0 aromatic heterocycles. The van der Waals surface area contributed by atoms with E-state index < -0.39 is 12.1 Å². The lowest BCUT2D eigenvalue weighted by molar-refractivity contribution is -0.137. The van der Waals surface area contributed by atoms with Crippen molar-refractivity contribution in [2.24, 2.45) is 5.41 Å². The summed E-state index contributed by atoms with van der Waals surface area (Å²) in [5.74, 6) is 0.723. The average Bonchev–Trinajstić information content (AvgIpc) is 2.80. The molecule has 2 N–H and O–H groups in total. The predicted octanol–water partition coefficient (Wildman–Crippen LogP) is 6.60. The van der Waals surface area contributed by atoms with Gasteiger partial charge in [0.25, 0.3) is 0 Å². The molecule has 2 rings (SSSR count). The van der Waals surface area contributed by atoms with Gasteiger partial charge in [0, 0.05) is 11.8 Å². The van der Waals surface area contributed by atoms with E-state index in [-0.39, 0.29) is 23.9 Å². The molecule has 5 heteroatoms. The molecule has 0 saturated carbocycles. The Balaban J connectivity index is 2.21. The monoisotopic (exact) mass is 470 g/mol. The molecule has 0 aliphatic carbocycles. The van der Waals surface area contributed by atoms with Crippen LogP contribution in [0, 0.1) is 5.41 Å². The third kappa shape index (κ3) is 7.76. The highest BCUT2D eigenvalue weighted by Crippen LogP contribution is 2.42. The van der Waals surface area contributed by atoms with Gasteiger partial charge in [0.15, 0.2) is 0 Å². The van der Waals surface area contributed by atoms with Crippen LogP contribution in [0.4, 0.5) is 0 Å². The Labute approximate surface area is 205 Å². The summed E-state index contributed by atoms with van der Waals surface area (Å²) >= 11 is 0. The van der Waals surface area contributed by atoms with Crippen molar-refractivity contribution in [3.05, 3.63) is 59.7 Å². The number of aliphatic carboxylic acids is 1. The van der Waals surface area contributed by atoms with Gasteiger partial charge in [-0.25, -0.2) is 0 Å². The molecule has 1 unspecified atom stereocenters. The summed E-state index contributed by atoms with van der Waals surface area (Å²) in [6.07, 6.45) is 4.26. The van der Waals surface area contributed by atoms with Crippen molar-refractivity contribution in [3.8, 4) is 11.5 Å². The Morgan fingerprint density at radius 3 is 1.74 bits per heavy atom. The van der Waals surface area contributed by atoms with E-state index in [9.17, 15) is 9.90 Å². The number of hydrogen-bond acceptors (Lipinski definition) is 4. The first kappa shape index (κ1) is 27.7. The summed E-state index contributed by atoms with van der Waals surface area (Å²) in [7, 11) is 0. The average molecular weight is 471 g/mol. The summed E-state index contributed by atoms with van der Waals surface area (Å²) in [5, 5.41) is 19.0. The smallest absolute Gasteiger partial charge is 0.303 e. The second-order valence-corrected chi connectivity index (χ2v) is 10.2. The molecule has 0 aliphatic rings. The van der Waals surface area contributed by atoms with Crippen molar-refractivity contribution in [3.63, 3.8) is 0 Å². The van der Waals surface area contributed by atoms with E-state index in [1.807, 2.05) is 45.0 Å². The molecule has 0 saturated heterocycles. The van der Waals surface area contributed by atoms with Crippen molar-refractivity contribution in [2.75, 3.05) is 13.2 Å². The number of aliphatic hydroxyl groups is 1. The first-order chi connectivity index (χ1) is 16.1. The van der Waals surface area contributed by atoms with Crippen molar-refractivity contribution in [1.82, 2.24) is 0 Å². The molecular formula is C29H42O5. The van der Waals surface area contributed by atoms with Crippen LogP contribution in [0.1, 0.15) is 84.3 Å². The maximum atomic E-state index is 10.7. The summed E-state index contributed by atoms with van der Waals surface area (Å²) < 4.78 is 11.6. The van der Waals surface area contributed by atoms with Crippen molar-refractivity contribution in [1.29, 1.82) is 0 Å². The van der Waals surface area contributed by atoms with Gasteiger partial charge >= 0.3 is 5.97 Å².